The third-order valence-electron chi connectivity index (χ3n) is 5.44. The highest BCUT2D eigenvalue weighted by Gasteiger charge is 2.96. The summed E-state index contributed by atoms with van der Waals surface area (Å²) >= 11 is 0. The minimum atomic E-state index is -8.38. The van der Waals surface area contributed by atoms with Gasteiger partial charge in [0.15, 0.2) is 5.54 Å². The molecule has 2 heterocycles. The van der Waals surface area contributed by atoms with Crippen LogP contribution in [0.3, 0.4) is 0 Å². The highest BCUT2D eigenvalue weighted by molar-refractivity contribution is 5.70. The normalized spacial score (nSPS) is 20.3. The second-order valence-electron chi connectivity index (χ2n) is 7.85. The largest absolute Gasteiger partial charge is 0.459 e. The van der Waals surface area contributed by atoms with Gasteiger partial charge in [0, 0.05) is 0 Å². The van der Waals surface area contributed by atoms with Crippen LogP contribution in [0.25, 0.3) is 0 Å². The van der Waals surface area contributed by atoms with Gasteiger partial charge in [-0.3, -0.25) is 0 Å². The minimum absolute atomic E-state index is 3.40. The summed E-state index contributed by atoms with van der Waals surface area (Å²) < 4.78 is 335. The molecule has 0 unspecified atom stereocenters. The van der Waals surface area contributed by atoms with Crippen LogP contribution in [-0.4, -0.2) is 70.9 Å². The molecule has 0 spiro atoms. The molecule has 41 heavy (non-hydrogen) atoms. The molecule has 1 nitrogen and oxygen atoms in total. The van der Waals surface area contributed by atoms with Crippen LogP contribution in [0, 0.1) is 0 Å². The van der Waals surface area contributed by atoms with Gasteiger partial charge in [0.1, 0.15) is 11.4 Å². The van der Waals surface area contributed by atoms with Crippen LogP contribution >= 0.6 is 0 Å². The van der Waals surface area contributed by atoms with E-state index in [9.17, 15) is 110 Å². The van der Waals surface area contributed by atoms with Crippen molar-refractivity contribution in [3.05, 3.63) is 22.5 Å². The van der Waals surface area contributed by atoms with E-state index in [2.05, 4.69) is 0 Å². The summed E-state index contributed by atoms with van der Waals surface area (Å²) in [5.74, 6) is -40.6. The van der Waals surface area contributed by atoms with Gasteiger partial charge in [0.05, 0.1) is 11.1 Å². The molecular formula is C15F25N. The van der Waals surface area contributed by atoms with Crippen molar-refractivity contribution in [2.24, 2.45) is 0 Å². The number of fused-ring (bicyclic) bond motifs is 1. The average molecular weight is 669 g/mol. The van der Waals surface area contributed by atoms with E-state index in [1.54, 1.807) is 0 Å². The average Bonchev–Trinajstić information content (AvgIpc) is 2.62. The molecule has 0 aromatic carbocycles. The molecule has 0 aliphatic carbocycles. The summed E-state index contributed by atoms with van der Waals surface area (Å²) in [7, 11) is 0. The Balaban J connectivity index is 3.48. The Morgan fingerprint density at radius 1 is 0.317 bits per heavy atom. The molecule has 2 rings (SSSR count). The van der Waals surface area contributed by atoms with Gasteiger partial charge >= 0.3 is 60.5 Å². The van der Waals surface area contributed by atoms with Gasteiger partial charge in [-0.05, 0) is 0 Å². The molecular weight excluding hydrogens is 669 g/mol. The molecule has 0 aromatic heterocycles. The fourth-order valence-electron chi connectivity index (χ4n) is 3.81. The molecule has 0 atom stereocenters. The smallest absolute Gasteiger partial charge is 0.317 e. The summed E-state index contributed by atoms with van der Waals surface area (Å²) in [5.41, 5.74) is -28.2. The number of allylic oxidation sites excluding steroid dienone is 2. The molecule has 0 aromatic rings. The van der Waals surface area contributed by atoms with Crippen LogP contribution in [0.4, 0.5) is 110 Å². The number of hydrogen-bond acceptors (Lipinski definition) is 1. The Bertz CT molecular complexity index is 1070. The molecule has 2 aliphatic rings. The van der Waals surface area contributed by atoms with Gasteiger partial charge < -0.3 is 4.90 Å². The number of nitrogens with zero attached hydrogens (tertiary/aromatic N) is 1. The van der Waals surface area contributed by atoms with Crippen molar-refractivity contribution in [1.29, 1.82) is 0 Å². The Hall–Kier alpha value is -2.47. The third kappa shape index (κ3) is 3.95. The zero-order valence-corrected chi connectivity index (χ0v) is 17.4. The highest BCUT2D eigenvalue weighted by atomic mass is 19.5. The van der Waals surface area contributed by atoms with Crippen LogP contribution < -0.4 is 0 Å². The van der Waals surface area contributed by atoms with E-state index in [1.165, 1.54) is 0 Å². The summed E-state index contributed by atoms with van der Waals surface area (Å²) in [6.45, 7) is 0. The minimum Gasteiger partial charge on any atom is -0.317 e. The first-order valence-corrected chi connectivity index (χ1v) is 8.90. The van der Waals surface area contributed by atoms with Crippen LogP contribution in [0.5, 0.6) is 0 Å². The predicted molar refractivity (Wildman–Crippen MR) is 73.6 cm³/mol. The predicted octanol–water partition coefficient (Wildman–Crippen LogP) is 8.55. The van der Waals surface area contributed by atoms with E-state index >= 15 is 0 Å². The lowest BCUT2D eigenvalue weighted by Gasteiger charge is -2.69. The molecule has 0 bridgehead atoms. The van der Waals surface area contributed by atoms with Gasteiger partial charge in [-0.2, -0.15) is 110 Å². The summed E-state index contributed by atoms with van der Waals surface area (Å²) in [5, 5.41) is 0. The van der Waals surface area contributed by atoms with Crippen LogP contribution in [0.1, 0.15) is 0 Å². The third-order valence-corrected chi connectivity index (χ3v) is 5.44. The Morgan fingerprint density at radius 3 is 0.707 bits per heavy atom. The fraction of sp³-hybridized carbons (Fsp3) is 0.733. The number of halogens is 25. The van der Waals surface area contributed by atoms with Crippen molar-refractivity contribution in [2.45, 2.75) is 66.0 Å². The van der Waals surface area contributed by atoms with E-state index in [1.807, 2.05) is 0 Å². The molecule has 2 aliphatic heterocycles. The molecule has 0 amide bonds. The zero-order chi connectivity index (χ0) is 33.4. The molecule has 0 saturated carbocycles. The molecule has 0 radical (unpaired) electrons. The van der Waals surface area contributed by atoms with E-state index in [0.29, 0.717) is 0 Å². The fourth-order valence-corrected chi connectivity index (χ4v) is 3.81. The molecule has 26 heteroatoms. The SMILES string of the molecule is FC(F)(F)C(F)(F)C1=C(C(F)(F)C(F)(F)F)C2(C(F)(F)C(F)(F)F)C(C(F)(F)C(F)(F)F)=C(C(F)(F)C(F)(F)F)N12. The van der Waals surface area contributed by atoms with Crippen LogP contribution in [-0.2, 0) is 0 Å². The van der Waals surface area contributed by atoms with Crippen molar-refractivity contribution < 1.29 is 110 Å². The molecule has 0 fully saturated rings. The van der Waals surface area contributed by atoms with Gasteiger partial charge in [-0.25, -0.2) is 0 Å². The molecule has 0 saturated heterocycles. The Labute approximate surface area is 204 Å². The standard InChI is InChI=1S/C15F25N/c16-6(17,11(26,27)28)1-3(8(20,21)13(32,33)34)41-4(9(22,23)14(35,36)37)2(7(18,19)12(29,30)31)5(1,41)10(24,25)15(38,39)40. The second-order valence-corrected chi connectivity index (χ2v) is 7.85. The lowest BCUT2D eigenvalue weighted by molar-refractivity contribution is -0.368. The van der Waals surface area contributed by atoms with Crippen LogP contribution in [0.2, 0.25) is 0 Å². The number of rotatable bonds is 5. The maximum absolute atomic E-state index is 14.4. The van der Waals surface area contributed by atoms with Gasteiger partial charge in [-0.15, -0.1) is 0 Å². The molecule has 0 N–H and O–H groups in total. The van der Waals surface area contributed by atoms with Gasteiger partial charge in [-0.1, -0.05) is 0 Å². The van der Waals surface area contributed by atoms with E-state index in [-0.39, 0.29) is 0 Å². The maximum Gasteiger partial charge on any atom is 0.459 e. The maximum atomic E-state index is 14.4. The first kappa shape index (κ1) is 34.7. The topological polar surface area (TPSA) is 3.24 Å². The van der Waals surface area contributed by atoms with Crippen molar-refractivity contribution in [3.8, 4) is 0 Å². The van der Waals surface area contributed by atoms with Crippen molar-refractivity contribution in [1.82, 2.24) is 4.90 Å². The van der Waals surface area contributed by atoms with E-state index < -0.39 is 93.5 Å². The summed E-state index contributed by atoms with van der Waals surface area (Å²) in [4.78, 5) is -3.40. The monoisotopic (exact) mass is 669 g/mol. The van der Waals surface area contributed by atoms with Crippen molar-refractivity contribution in [3.63, 3.8) is 0 Å². The highest BCUT2D eigenvalue weighted by Crippen LogP contribution is 2.78. The quantitative estimate of drug-likeness (QED) is 0.266. The summed E-state index contributed by atoms with van der Waals surface area (Å²) in [6, 6.07) is 0. The lowest BCUT2D eigenvalue weighted by atomic mass is 9.56. The first-order valence-electron chi connectivity index (χ1n) is 8.90. The van der Waals surface area contributed by atoms with Crippen molar-refractivity contribution in [2.75, 3.05) is 0 Å². The summed E-state index contributed by atoms with van der Waals surface area (Å²) in [6.07, 6.45) is -40.1. The van der Waals surface area contributed by atoms with E-state index in [0.717, 1.165) is 0 Å². The van der Waals surface area contributed by atoms with Crippen molar-refractivity contribution >= 4 is 0 Å². The molecule has 240 valence electrons. The first-order chi connectivity index (χ1) is 17.4. The second kappa shape index (κ2) is 8.12. The van der Waals surface area contributed by atoms with Gasteiger partial charge in [0.25, 0.3) is 0 Å². The zero-order valence-electron chi connectivity index (χ0n) is 17.4. The van der Waals surface area contributed by atoms with Gasteiger partial charge in [0.2, 0.25) is 0 Å². The Morgan fingerprint density at radius 2 is 0.537 bits per heavy atom. The Kier molecular flexibility index (Phi) is 6.88. The lowest BCUT2D eigenvalue weighted by Crippen LogP contribution is -2.86. The number of hydrogen-bond donors (Lipinski definition) is 0. The van der Waals surface area contributed by atoms with E-state index in [4.69, 9.17) is 0 Å². The number of alkyl halides is 25. The van der Waals surface area contributed by atoms with Crippen LogP contribution in [0.15, 0.2) is 22.5 Å².